The van der Waals surface area contributed by atoms with Gasteiger partial charge in [0, 0.05) is 33.0 Å². The average molecular weight is 624 g/mol. The molecule has 11 nitrogen and oxygen atoms in total. The third kappa shape index (κ3) is 8.17. The van der Waals surface area contributed by atoms with Crippen LogP contribution >= 0.6 is 0 Å². The molecule has 0 radical (unpaired) electrons. The van der Waals surface area contributed by atoms with Gasteiger partial charge < -0.3 is 25.0 Å². The molecule has 0 bridgehead atoms. The molecule has 1 saturated heterocycles. The monoisotopic (exact) mass is 623 g/mol. The molecule has 0 aromatic heterocycles. The van der Waals surface area contributed by atoms with E-state index in [1.54, 1.807) is 32.7 Å². The van der Waals surface area contributed by atoms with Crippen LogP contribution in [0.1, 0.15) is 53.0 Å². The standard InChI is InChI=1S/C33H42FN5O6/c1-31(2,3)45-30(43)36-32(4,5)28(41)35-25(17-19-44-24-14-12-23(34)13-15-24)27(40)39-18-16-26-33(21-39,29(42)38(6)37-26)20-22-10-8-7-9-11-22/h7-15,25H,16-21H2,1-6H3,(H,35,41)(H,36,43)/t25-,33-/m1/s1. The largest absolute Gasteiger partial charge is 0.493 e. The molecule has 4 amide bonds. The van der Waals surface area contributed by atoms with E-state index in [2.05, 4.69) is 15.7 Å². The molecule has 1 fully saturated rings. The van der Waals surface area contributed by atoms with Gasteiger partial charge in [-0.3, -0.25) is 14.4 Å². The number of hydrogen-bond acceptors (Lipinski definition) is 7. The Labute approximate surface area is 263 Å². The van der Waals surface area contributed by atoms with Crippen molar-refractivity contribution in [2.45, 2.75) is 71.1 Å². The van der Waals surface area contributed by atoms with Gasteiger partial charge in [-0.05, 0) is 70.9 Å². The normalized spacial score (nSPS) is 18.9. The Morgan fingerprint density at radius 3 is 2.36 bits per heavy atom. The second kappa shape index (κ2) is 13.3. The summed E-state index contributed by atoms with van der Waals surface area (Å²) in [5.41, 5.74) is -1.56. The van der Waals surface area contributed by atoms with Gasteiger partial charge in [0.2, 0.25) is 11.8 Å². The Morgan fingerprint density at radius 2 is 1.71 bits per heavy atom. The van der Waals surface area contributed by atoms with E-state index in [4.69, 9.17) is 9.47 Å². The molecule has 2 atom stereocenters. The van der Waals surface area contributed by atoms with E-state index in [1.165, 1.54) is 43.1 Å². The molecule has 2 N–H and O–H groups in total. The first-order valence-corrected chi connectivity index (χ1v) is 15.0. The number of amides is 4. The first-order valence-electron chi connectivity index (χ1n) is 15.0. The summed E-state index contributed by atoms with van der Waals surface area (Å²) < 4.78 is 24.4. The van der Waals surface area contributed by atoms with Crippen molar-refractivity contribution >= 4 is 29.5 Å². The van der Waals surface area contributed by atoms with Gasteiger partial charge in [0.25, 0.3) is 5.91 Å². The molecule has 2 heterocycles. The van der Waals surface area contributed by atoms with Crippen molar-refractivity contribution in [3.05, 3.63) is 66.0 Å². The van der Waals surface area contributed by atoms with E-state index in [9.17, 15) is 23.6 Å². The van der Waals surface area contributed by atoms with E-state index in [0.717, 1.165) is 11.3 Å². The fourth-order valence-electron chi connectivity index (χ4n) is 5.47. The molecule has 242 valence electrons. The molecular weight excluding hydrogens is 581 g/mol. The second-order valence-corrected chi connectivity index (χ2v) is 13.0. The first kappa shape index (κ1) is 33.4. The predicted octanol–water partition coefficient (Wildman–Crippen LogP) is 3.67. The summed E-state index contributed by atoms with van der Waals surface area (Å²) in [6.07, 6.45) is 0.0610. The minimum absolute atomic E-state index is 0.0274. The highest BCUT2D eigenvalue weighted by molar-refractivity contribution is 6.13. The number of likely N-dealkylation sites (tertiary alicyclic amines) is 1. The lowest BCUT2D eigenvalue weighted by molar-refractivity contribution is -0.142. The van der Waals surface area contributed by atoms with Crippen molar-refractivity contribution in [1.29, 1.82) is 0 Å². The van der Waals surface area contributed by atoms with Crippen LogP contribution in [0.5, 0.6) is 5.75 Å². The average Bonchev–Trinajstić information content (AvgIpc) is 3.20. The van der Waals surface area contributed by atoms with Crippen LogP contribution in [0.3, 0.4) is 0 Å². The van der Waals surface area contributed by atoms with E-state index >= 15 is 0 Å². The third-order valence-corrected chi connectivity index (χ3v) is 7.74. The van der Waals surface area contributed by atoms with Gasteiger partial charge in [0.15, 0.2) is 0 Å². The summed E-state index contributed by atoms with van der Waals surface area (Å²) in [4.78, 5) is 55.3. The summed E-state index contributed by atoms with van der Waals surface area (Å²) in [5.74, 6) is -1.20. The smallest absolute Gasteiger partial charge is 0.408 e. The molecule has 2 aromatic rings. The van der Waals surface area contributed by atoms with Gasteiger partial charge in [-0.25, -0.2) is 14.2 Å². The van der Waals surface area contributed by atoms with Gasteiger partial charge in [0.05, 0.1) is 12.3 Å². The lowest BCUT2D eigenvalue weighted by atomic mass is 9.73. The van der Waals surface area contributed by atoms with Crippen LogP contribution in [0.2, 0.25) is 0 Å². The van der Waals surface area contributed by atoms with Crippen molar-refractivity contribution in [3.8, 4) is 5.75 Å². The topological polar surface area (TPSA) is 130 Å². The number of piperidine rings is 1. The number of fused-ring (bicyclic) bond motifs is 1. The lowest BCUT2D eigenvalue weighted by Crippen LogP contribution is -2.62. The Hall–Kier alpha value is -4.48. The number of carbonyl (C=O) groups is 4. The lowest BCUT2D eigenvalue weighted by Gasteiger charge is -2.41. The molecule has 12 heteroatoms. The fourth-order valence-corrected chi connectivity index (χ4v) is 5.47. The maximum atomic E-state index is 14.2. The highest BCUT2D eigenvalue weighted by atomic mass is 19.1. The van der Waals surface area contributed by atoms with Crippen molar-refractivity contribution in [3.63, 3.8) is 0 Å². The molecule has 2 aliphatic rings. The molecule has 45 heavy (non-hydrogen) atoms. The molecule has 2 aromatic carbocycles. The third-order valence-electron chi connectivity index (χ3n) is 7.74. The zero-order chi connectivity index (χ0) is 33.0. The van der Waals surface area contributed by atoms with E-state index in [0.29, 0.717) is 25.1 Å². The minimum atomic E-state index is -1.43. The number of ether oxygens (including phenoxy) is 2. The number of halogens is 1. The summed E-state index contributed by atoms with van der Waals surface area (Å²) in [7, 11) is 1.61. The summed E-state index contributed by atoms with van der Waals surface area (Å²) in [6.45, 7) is 8.57. The number of carbonyl (C=O) groups excluding carboxylic acids is 4. The highest BCUT2D eigenvalue weighted by Crippen LogP contribution is 2.38. The van der Waals surface area contributed by atoms with E-state index < -0.39 is 46.3 Å². The maximum absolute atomic E-state index is 14.2. The molecule has 0 saturated carbocycles. The minimum Gasteiger partial charge on any atom is -0.493 e. The Bertz CT molecular complexity index is 1440. The summed E-state index contributed by atoms with van der Waals surface area (Å²) >= 11 is 0. The van der Waals surface area contributed by atoms with Crippen LogP contribution in [0, 0.1) is 11.2 Å². The van der Waals surface area contributed by atoms with Gasteiger partial charge in [-0.1, -0.05) is 30.3 Å². The van der Waals surface area contributed by atoms with Crippen molar-refractivity contribution < 1.29 is 33.0 Å². The number of nitrogens with zero attached hydrogens (tertiary/aromatic N) is 3. The number of benzene rings is 2. The van der Waals surface area contributed by atoms with Gasteiger partial charge in [0.1, 0.15) is 34.2 Å². The number of rotatable bonds is 10. The molecule has 0 aliphatic carbocycles. The van der Waals surface area contributed by atoms with Gasteiger partial charge in [-0.2, -0.15) is 5.10 Å². The second-order valence-electron chi connectivity index (χ2n) is 13.0. The molecule has 0 spiro atoms. The highest BCUT2D eigenvalue weighted by Gasteiger charge is 2.54. The predicted molar refractivity (Wildman–Crippen MR) is 166 cm³/mol. The first-order chi connectivity index (χ1) is 21.1. The van der Waals surface area contributed by atoms with Crippen molar-refractivity contribution in [2.75, 3.05) is 26.7 Å². The van der Waals surface area contributed by atoms with Crippen LogP contribution in [-0.4, -0.2) is 83.4 Å². The fraction of sp³-hybridized carbons (Fsp3) is 0.485. The zero-order valence-corrected chi connectivity index (χ0v) is 26.7. The molecular formula is C33H42FN5O6. The Balaban J connectivity index is 1.55. The Morgan fingerprint density at radius 1 is 1.04 bits per heavy atom. The number of alkyl carbamates (subject to hydrolysis) is 1. The van der Waals surface area contributed by atoms with Crippen molar-refractivity contribution in [2.24, 2.45) is 10.5 Å². The van der Waals surface area contributed by atoms with Crippen LogP contribution in [0.15, 0.2) is 59.7 Å². The van der Waals surface area contributed by atoms with Crippen LogP contribution < -0.4 is 15.4 Å². The SMILES string of the molecule is CN1N=C2CCN(C(=O)[C@@H](CCOc3ccc(F)cc3)NC(=O)C(C)(C)NC(=O)OC(C)(C)C)C[C@@]2(Cc2ccccc2)C1=O. The number of hydrogen-bond donors (Lipinski definition) is 2. The summed E-state index contributed by atoms with van der Waals surface area (Å²) in [6, 6.07) is 14.0. The zero-order valence-electron chi connectivity index (χ0n) is 26.7. The van der Waals surface area contributed by atoms with E-state index in [1.807, 2.05) is 30.3 Å². The molecule has 4 rings (SSSR count). The van der Waals surface area contributed by atoms with Gasteiger partial charge >= 0.3 is 6.09 Å². The van der Waals surface area contributed by atoms with Crippen LogP contribution in [-0.2, 0) is 25.5 Å². The Kier molecular flexibility index (Phi) is 9.84. The summed E-state index contributed by atoms with van der Waals surface area (Å²) in [5, 5.41) is 11.2. The quantitative estimate of drug-likeness (QED) is 0.416. The van der Waals surface area contributed by atoms with Crippen LogP contribution in [0.4, 0.5) is 9.18 Å². The number of nitrogens with one attached hydrogen (secondary N) is 2. The molecule has 0 unspecified atom stereocenters. The van der Waals surface area contributed by atoms with Crippen LogP contribution in [0.25, 0.3) is 0 Å². The van der Waals surface area contributed by atoms with E-state index in [-0.39, 0.29) is 25.5 Å². The van der Waals surface area contributed by atoms with Gasteiger partial charge in [-0.15, -0.1) is 0 Å². The maximum Gasteiger partial charge on any atom is 0.408 e. The van der Waals surface area contributed by atoms with Crippen molar-refractivity contribution in [1.82, 2.24) is 20.5 Å². The number of hydrazone groups is 1. The molecule has 2 aliphatic heterocycles.